The highest BCUT2D eigenvalue weighted by atomic mass is 32.1. The topological polar surface area (TPSA) is 68.8 Å². The molecule has 0 amide bonds. The summed E-state index contributed by atoms with van der Waals surface area (Å²) >= 11 is 4.99. The largest absolute Gasteiger partial charge is 0.389 e. The van der Waals surface area contributed by atoms with Crippen molar-refractivity contribution in [2.24, 2.45) is 12.8 Å². The van der Waals surface area contributed by atoms with E-state index in [0.717, 1.165) is 30.0 Å². The van der Waals surface area contributed by atoms with E-state index >= 15 is 0 Å². The zero-order valence-electron chi connectivity index (χ0n) is 10.1. The number of nitrogens with two attached hydrogens (primary N) is 1. The maximum Gasteiger partial charge on any atom is 0.110 e. The Kier molecular flexibility index (Phi) is 3.88. The predicted molar refractivity (Wildman–Crippen MR) is 75.5 cm³/mol. The highest BCUT2D eigenvalue weighted by molar-refractivity contribution is 7.80. The fourth-order valence-electron chi connectivity index (χ4n) is 1.70. The summed E-state index contributed by atoms with van der Waals surface area (Å²) in [5.41, 5.74) is 7.33. The quantitative estimate of drug-likeness (QED) is 0.789. The highest BCUT2D eigenvalue weighted by Crippen LogP contribution is 2.12. The smallest absolute Gasteiger partial charge is 0.110 e. The molecule has 0 aromatic carbocycles. The van der Waals surface area contributed by atoms with Crippen molar-refractivity contribution in [1.82, 2.24) is 14.5 Å². The van der Waals surface area contributed by atoms with Crippen molar-refractivity contribution in [2.45, 2.75) is 6.42 Å². The summed E-state index contributed by atoms with van der Waals surface area (Å²) in [6.45, 7) is 0.756. The maximum absolute atomic E-state index is 5.65. The van der Waals surface area contributed by atoms with Gasteiger partial charge in [0.1, 0.15) is 10.8 Å². The van der Waals surface area contributed by atoms with Crippen LogP contribution in [0.25, 0.3) is 0 Å². The Morgan fingerprint density at radius 1 is 1.50 bits per heavy atom. The summed E-state index contributed by atoms with van der Waals surface area (Å²) in [6.07, 6.45) is 7.96. The third-order valence-electron chi connectivity index (χ3n) is 2.67. The molecule has 0 radical (unpaired) electrons. The summed E-state index contributed by atoms with van der Waals surface area (Å²) in [6, 6.07) is 1.81. The monoisotopic (exact) mass is 261 g/mol. The second-order valence-electron chi connectivity index (χ2n) is 3.92. The van der Waals surface area contributed by atoms with Crippen molar-refractivity contribution in [1.29, 1.82) is 0 Å². The second kappa shape index (κ2) is 5.59. The Balaban J connectivity index is 1.99. The number of nitrogens with zero attached hydrogens (tertiary/aromatic N) is 3. The molecule has 18 heavy (non-hydrogen) atoms. The maximum atomic E-state index is 5.65. The number of aryl methyl sites for hydroxylation is 1. The molecule has 0 saturated carbocycles. The van der Waals surface area contributed by atoms with E-state index in [-0.39, 0.29) is 0 Å². The zero-order valence-corrected chi connectivity index (χ0v) is 10.9. The first kappa shape index (κ1) is 12.5. The lowest BCUT2D eigenvalue weighted by atomic mass is 10.2. The van der Waals surface area contributed by atoms with Gasteiger partial charge < -0.3 is 15.6 Å². The van der Waals surface area contributed by atoms with Gasteiger partial charge in [-0.2, -0.15) is 0 Å². The van der Waals surface area contributed by atoms with Crippen LogP contribution in [0, 0.1) is 0 Å². The van der Waals surface area contributed by atoms with Crippen molar-refractivity contribution >= 4 is 22.9 Å². The van der Waals surface area contributed by atoms with Crippen molar-refractivity contribution in [3.63, 3.8) is 0 Å². The van der Waals surface area contributed by atoms with Crippen LogP contribution < -0.4 is 11.1 Å². The van der Waals surface area contributed by atoms with Gasteiger partial charge in [0.2, 0.25) is 0 Å². The SMILES string of the molecule is Cn1ccnc1CCNc1cnccc1C(N)=S. The second-order valence-corrected chi connectivity index (χ2v) is 4.36. The van der Waals surface area contributed by atoms with Gasteiger partial charge in [-0.05, 0) is 6.07 Å². The van der Waals surface area contributed by atoms with Gasteiger partial charge in [-0.3, -0.25) is 4.98 Å². The van der Waals surface area contributed by atoms with E-state index in [4.69, 9.17) is 18.0 Å². The van der Waals surface area contributed by atoms with Crippen LogP contribution in [0.4, 0.5) is 5.69 Å². The van der Waals surface area contributed by atoms with Gasteiger partial charge in [0.05, 0.1) is 11.9 Å². The Bertz CT molecular complexity index is 549. The van der Waals surface area contributed by atoms with E-state index < -0.39 is 0 Å². The summed E-state index contributed by atoms with van der Waals surface area (Å²) in [7, 11) is 1.98. The molecule has 0 atom stereocenters. The van der Waals surface area contributed by atoms with Crippen LogP contribution in [0.15, 0.2) is 30.9 Å². The molecule has 0 aliphatic heterocycles. The fourth-order valence-corrected chi connectivity index (χ4v) is 1.87. The lowest BCUT2D eigenvalue weighted by Gasteiger charge is -2.10. The van der Waals surface area contributed by atoms with Gasteiger partial charge in [-0.25, -0.2) is 4.98 Å². The number of hydrogen-bond acceptors (Lipinski definition) is 4. The van der Waals surface area contributed by atoms with E-state index in [1.807, 2.05) is 23.9 Å². The number of pyridine rings is 1. The minimum atomic E-state index is 0.372. The molecule has 0 saturated heterocycles. The first-order chi connectivity index (χ1) is 8.68. The van der Waals surface area contributed by atoms with E-state index in [1.165, 1.54) is 0 Å². The van der Waals surface area contributed by atoms with Crippen LogP contribution in [-0.4, -0.2) is 26.1 Å². The van der Waals surface area contributed by atoms with Gasteiger partial charge in [-0.15, -0.1) is 0 Å². The third-order valence-corrected chi connectivity index (χ3v) is 2.89. The van der Waals surface area contributed by atoms with E-state index in [9.17, 15) is 0 Å². The molecule has 3 N–H and O–H groups in total. The Morgan fingerprint density at radius 2 is 2.33 bits per heavy atom. The van der Waals surface area contributed by atoms with Gasteiger partial charge in [0.25, 0.3) is 0 Å². The van der Waals surface area contributed by atoms with Gasteiger partial charge >= 0.3 is 0 Å². The summed E-state index contributed by atoms with van der Waals surface area (Å²) in [5, 5.41) is 3.28. The molecule has 0 aliphatic rings. The molecular weight excluding hydrogens is 246 g/mol. The van der Waals surface area contributed by atoms with Gasteiger partial charge in [0.15, 0.2) is 0 Å². The van der Waals surface area contributed by atoms with Crippen molar-refractivity contribution < 1.29 is 0 Å². The number of hydrogen-bond donors (Lipinski definition) is 2. The lowest BCUT2D eigenvalue weighted by molar-refractivity contribution is 0.789. The fraction of sp³-hybridized carbons (Fsp3) is 0.250. The Labute approximate surface area is 111 Å². The molecular formula is C12H15N5S. The van der Waals surface area contributed by atoms with Gasteiger partial charge in [-0.1, -0.05) is 12.2 Å². The van der Waals surface area contributed by atoms with Crippen LogP contribution in [0.5, 0.6) is 0 Å². The normalized spacial score (nSPS) is 10.3. The van der Waals surface area contributed by atoms with E-state index in [0.29, 0.717) is 4.99 Å². The lowest BCUT2D eigenvalue weighted by Crippen LogP contribution is -2.15. The molecule has 94 valence electrons. The number of aromatic nitrogens is 3. The summed E-state index contributed by atoms with van der Waals surface area (Å²) in [5.74, 6) is 1.03. The number of imidazole rings is 1. The number of thiocarbonyl (C=S) groups is 1. The Hall–Kier alpha value is -1.95. The number of nitrogens with one attached hydrogen (secondary N) is 1. The summed E-state index contributed by atoms with van der Waals surface area (Å²) in [4.78, 5) is 8.70. The summed E-state index contributed by atoms with van der Waals surface area (Å²) < 4.78 is 2.00. The van der Waals surface area contributed by atoms with Crippen LogP contribution in [0.2, 0.25) is 0 Å². The third kappa shape index (κ3) is 2.84. The molecule has 2 aromatic heterocycles. The molecule has 0 fully saturated rings. The van der Waals surface area contributed by atoms with Crippen molar-refractivity contribution in [3.8, 4) is 0 Å². The average molecular weight is 261 g/mol. The number of rotatable bonds is 5. The van der Waals surface area contributed by atoms with Gasteiger partial charge in [0, 0.05) is 44.2 Å². The molecule has 6 heteroatoms. The first-order valence-electron chi connectivity index (χ1n) is 5.62. The Morgan fingerprint density at radius 3 is 3.00 bits per heavy atom. The van der Waals surface area contributed by atoms with E-state index in [1.54, 1.807) is 18.6 Å². The first-order valence-corrected chi connectivity index (χ1v) is 6.03. The highest BCUT2D eigenvalue weighted by Gasteiger charge is 2.05. The molecule has 0 spiro atoms. The molecule has 2 aromatic rings. The van der Waals surface area contributed by atoms with Crippen LogP contribution in [0.1, 0.15) is 11.4 Å². The molecule has 5 nitrogen and oxygen atoms in total. The van der Waals surface area contributed by atoms with Crippen LogP contribution in [-0.2, 0) is 13.5 Å². The molecule has 2 heterocycles. The predicted octanol–water partition coefficient (Wildman–Crippen LogP) is 1.10. The van der Waals surface area contributed by atoms with Crippen molar-refractivity contribution in [2.75, 3.05) is 11.9 Å². The number of anilines is 1. The molecule has 0 unspecified atom stereocenters. The van der Waals surface area contributed by atoms with Crippen LogP contribution in [0.3, 0.4) is 0 Å². The standard InChI is InChI=1S/C12H15N5S/c1-17-7-6-16-11(17)3-5-15-10-8-14-4-2-9(10)12(13)18/h2,4,6-8,15H,3,5H2,1H3,(H2,13,18). The molecule has 0 aliphatic carbocycles. The molecule has 0 bridgehead atoms. The molecule has 2 rings (SSSR count). The minimum Gasteiger partial charge on any atom is -0.389 e. The average Bonchev–Trinajstić information content (AvgIpc) is 2.76. The van der Waals surface area contributed by atoms with Crippen LogP contribution >= 0.6 is 12.2 Å². The minimum absolute atomic E-state index is 0.372. The van der Waals surface area contributed by atoms with Crippen molar-refractivity contribution in [3.05, 3.63) is 42.2 Å². The van der Waals surface area contributed by atoms with E-state index in [2.05, 4.69) is 15.3 Å². The zero-order chi connectivity index (χ0) is 13.0.